The van der Waals surface area contributed by atoms with Gasteiger partial charge in [-0.3, -0.25) is 9.69 Å². The van der Waals surface area contributed by atoms with Crippen molar-refractivity contribution in [3.63, 3.8) is 0 Å². The molecule has 4 nitrogen and oxygen atoms in total. The van der Waals surface area contributed by atoms with Crippen molar-refractivity contribution in [2.45, 2.75) is 0 Å². The van der Waals surface area contributed by atoms with Gasteiger partial charge in [0.05, 0.1) is 12.6 Å². The first kappa shape index (κ1) is 13.5. The minimum atomic E-state index is -0.926. The third kappa shape index (κ3) is 2.78. The number of nitrogens with one attached hydrogen (secondary N) is 2. The van der Waals surface area contributed by atoms with Crippen molar-refractivity contribution in [1.29, 1.82) is 0 Å². The number of hydrogen-bond acceptors (Lipinski definition) is 2. The maximum atomic E-state index is 13.0. The molecule has 0 fully saturated rings. The van der Waals surface area contributed by atoms with Gasteiger partial charge in [-0.25, -0.2) is 14.2 Å². The van der Waals surface area contributed by atoms with Gasteiger partial charge in [-0.05, 0) is 18.2 Å². The van der Waals surface area contributed by atoms with Crippen LogP contribution in [0.5, 0.6) is 0 Å². The maximum Gasteiger partial charge on any atom is 0.295 e. The monoisotopic (exact) mass is 261 g/mol. The highest BCUT2D eigenvalue weighted by Gasteiger charge is 2.24. The minimum Gasteiger partial charge on any atom is -1.00 e. The Balaban J connectivity index is 0.00000144. The molecule has 1 aliphatic rings. The second-order valence-electron chi connectivity index (χ2n) is 3.58. The molecule has 2 rings (SSSR count). The molecule has 0 aliphatic carbocycles. The fraction of sp³-hybridized carbons (Fsp3) is 0.200. The van der Waals surface area contributed by atoms with E-state index in [9.17, 15) is 13.6 Å². The van der Waals surface area contributed by atoms with Crippen LogP contribution < -0.4 is 22.7 Å². The van der Waals surface area contributed by atoms with E-state index in [0.29, 0.717) is 11.4 Å². The smallest absolute Gasteiger partial charge is 0.295 e. The fourth-order valence-electron chi connectivity index (χ4n) is 1.53. The van der Waals surface area contributed by atoms with Gasteiger partial charge in [0.2, 0.25) is 0 Å². The van der Waals surface area contributed by atoms with Gasteiger partial charge in [0.25, 0.3) is 11.7 Å². The third-order valence-corrected chi connectivity index (χ3v) is 2.32. The van der Waals surface area contributed by atoms with Gasteiger partial charge < -0.3 is 12.4 Å². The normalized spacial score (nSPS) is 19.1. The Hall–Kier alpha value is -1.53. The van der Waals surface area contributed by atoms with Crippen molar-refractivity contribution in [1.82, 2.24) is 5.43 Å². The van der Waals surface area contributed by atoms with Crippen molar-refractivity contribution in [2.75, 3.05) is 13.6 Å². The summed E-state index contributed by atoms with van der Waals surface area (Å²) in [7, 11) is 1.73. The molecule has 1 unspecified atom stereocenters. The second-order valence-corrected chi connectivity index (χ2v) is 3.58. The lowest BCUT2D eigenvalue weighted by atomic mass is 10.1. The molecule has 0 saturated heterocycles. The number of likely N-dealkylation sites (N-methyl/N-ethyl adjacent to an activating group) is 1. The summed E-state index contributed by atoms with van der Waals surface area (Å²) in [6, 6.07) is 3.53. The van der Waals surface area contributed by atoms with E-state index in [-0.39, 0.29) is 24.9 Å². The summed E-state index contributed by atoms with van der Waals surface area (Å²) in [5.41, 5.74) is 2.76. The van der Waals surface area contributed by atoms with Crippen LogP contribution in [0.1, 0.15) is 5.56 Å². The third-order valence-electron chi connectivity index (χ3n) is 2.32. The number of carbonyl (C=O) groups is 1. The second kappa shape index (κ2) is 5.20. The zero-order chi connectivity index (χ0) is 11.7. The van der Waals surface area contributed by atoms with E-state index in [1.807, 2.05) is 0 Å². The average molecular weight is 262 g/mol. The minimum absolute atomic E-state index is 0. The molecule has 2 N–H and O–H groups in total. The summed E-state index contributed by atoms with van der Waals surface area (Å²) in [5, 5.41) is 3.82. The molecular weight excluding hydrogens is 252 g/mol. The van der Waals surface area contributed by atoms with E-state index < -0.39 is 11.6 Å². The number of amides is 1. The number of rotatable bonds is 1. The van der Waals surface area contributed by atoms with Crippen molar-refractivity contribution >= 4 is 11.7 Å². The standard InChI is InChI=1S/C10H9F2N3O.ClH/c1-15-5-9(16)13-14-10(15)6-2-3-7(11)8(12)4-6;/h2-4H,5H2,1H3,(H,13,16);1H. The quantitative estimate of drug-likeness (QED) is 0.537. The first-order chi connectivity index (χ1) is 7.58. The van der Waals surface area contributed by atoms with Gasteiger partial charge in [-0.2, -0.15) is 0 Å². The van der Waals surface area contributed by atoms with E-state index >= 15 is 0 Å². The number of quaternary nitrogens is 1. The first-order valence-corrected chi connectivity index (χ1v) is 4.72. The summed E-state index contributed by atoms with van der Waals surface area (Å²) in [6.45, 7) is 0.220. The Labute approximate surface area is 103 Å². The zero-order valence-electron chi connectivity index (χ0n) is 8.93. The Morgan fingerprint density at radius 1 is 1.35 bits per heavy atom. The summed E-state index contributed by atoms with van der Waals surface area (Å²) in [4.78, 5) is 11.7. The van der Waals surface area contributed by atoms with Crippen LogP contribution in [-0.2, 0) is 4.79 Å². The predicted octanol–water partition coefficient (Wildman–Crippen LogP) is -3.73. The van der Waals surface area contributed by atoms with Crippen molar-refractivity contribution in [3.05, 3.63) is 35.4 Å². The molecule has 1 atom stereocenters. The molecule has 17 heavy (non-hydrogen) atoms. The van der Waals surface area contributed by atoms with Gasteiger partial charge in [-0.15, -0.1) is 5.10 Å². The Morgan fingerprint density at radius 2 is 2.06 bits per heavy atom. The number of hydrazone groups is 1. The number of hydrogen-bond donors (Lipinski definition) is 2. The Bertz CT molecular complexity index is 479. The average Bonchev–Trinajstić information content (AvgIpc) is 2.22. The van der Waals surface area contributed by atoms with E-state index in [1.165, 1.54) is 6.07 Å². The number of amidine groups is 1. The van der Waals surface area contributed by atoms with Gasteiger partial charge in [0.1, 0.15) is 0 Å². The van der Waals surface area contributed by atoms with Crippen molar-refractivity contribution in [3.8, 4) is 0 Å². The topological polar surface area (TPSA) is 45.9 Å². The molecule has 0 aromatic heterocycles. The lowest BCUT2D eigenvalue weighted by Gasteiger charge is -2.18. The molecule has 1 aliphatic heterocycles. The number of carbonyl (C=O) groups excluding carboxylic acids is 1. The van der Waals surface area contributed by atoms with Crippen molar-refractivity contribution < 1.29 is 30.9 Å². The Kier molecular flexibility index (Phi) is 4.14. The molecular formula is C10H10ClF2N3O. The van der Waals surface area contributed by atoms with Crippen LogP contribution >= 0.6 is 0 Å². The molecule has 92 valence electrons. The highest BCUT2D eigenvalue weighted by molar-refractivity contribution is 5.95. The van der Waals surface area contributed by atoms with E-state index in [2.05, 4.69) is 10.5 Å². The number of halogens is 3. The predicted molar refractivity (Wildman–Crippen MR) is 52.8 cm³/mol. The van der Waals surface area contributed by atoms with E-state index in [0.717, 1.165) is 17.0 Å². The van der Waals surface area contributed by atoms with Crippen LogP contribution in [0.25, 0.3) is 0 Å². The summed E-state index contributed by atoms with van der Waals surface area (Å²) in [6.07, 6.45) is 0. The molecule has 1 heterocycles. The lowest BCUT2D eigenvalue weighted by molar-refractivity contribution is -0.774. The van der Waals surface area contributed by atoms with Crippen LogP contribution in [0.3, 0.4) is 0 Å². The van der Waals surface area contributed by atoms with E-state index in [4.69, 9.17) is 0 Å². The van der Waals surface area contributed by atoms with Crippen molar-refractivity contribution in [2.24, 2.45) is 5.10 Å². The first-order valence-electron chi connectivity index (χ1n) is 4.72. The highest BCUT2D eigenvalue weighted by Crippen LogP contribution is 2.08. The Morgan fingerprint density at radius 3 is 2.65 bits per heavy atom. The van der Waals surface area contributed by atoms with Crippen LogP contribution in [0, 0.1) is 11.6 Å². The number of nitrogens with zero attached hydrogens (tertiary/aromatic N) is 1. The molecule has 0 bridgehead atoms. The molecule has 0 radical (unpaired) electrons. The summed E-state index contributed by atoms with van der Waals surface area (Å²) >= 11 is 0. The SMILES string of the molecule is C[NH+]1CC(=O)NN=C1c1ccc(F)c(F)c1.[Cl-]. The molecule has 1 aromatic rings. The van der Waals surface area contributed by atoms with Gasteiger partial charge in [0.15, 0.2) is 18.2 Å². The summed E-state index contributed by atoms with van der Waals surface area (Å²) < 4.78 is 25.7. The molecule has 0 saturated carbocycles. The maximum absolute atomic E-state index is 13.0. The molecule has 1 aromatic carbocycles. The zero-order valence-corrected chi connectivity index (χ0v) is 9.68. The van der Waals surface area contributed by atoms with Gasteiger partial charge in [0, 0.05) is 0 Å². The van der Waals surface area contributed by atoms with Gasteiger partial charge in [-0.1, -0.05) is 0 Å². The largest absolute Gasteiger partial charge is 1.00 e. The van der Waals surface area contributed by atoms with E-state index in [1.54, 1.807) is 7.05 Å². The fourth-order valence-corrected chi connectivity index (χ4v) is 1.53. The molecule has 7 heteroatoms. The van der Waals surface area contributed by atoms with Crippen LogP contribution in [0.2, 0.25) is 0 Å². The van der Waals surface area contributed by atoms with Crippen LogP contribution in [0.15, 0.2) is 23.3 Å². The molecule has 0 spiro atoms. The summed E-state index contributed by atoms with van der Waals surface area (Å²) in [5.74, 6) is -1.55. The van der Waals surface area contributed by atoms with Crippen LogP contribution in [0.4, 0.5) is 8.78 Å². The van der Waals surface area contributed by atoms with Gasteiger partial charge >= 0.3 is 0 Å². The lowest BCUT2D eigenvalue weighted by Crippen LogP contribution is -3.14. The van der Waals surface area contributed by atoms with Crippen LogP contribution in [-0.4, -0.2) is 25.3 Å². The highest BCUT2D eigenvalue weighted by atomic mass is 35.5. The molecule has 1 amide bonds. The number of benzene rings is 1.